The van der Waals surface area contributed by atoms with Crippen molar-refractivity contribution in [1.29, 1.82) is 0 Å². The number of nitrogens with two attached hydrogens (primary N) is 1. The second-order valence-electron chi connectivity index (χ2n) is 4.61. The zero-order chi connectivity index (χ0) is 13.1. The average Bonchev–Trinajstić information content (AvgIpc) is 2.68. The summed E-state index contributed by atoms with van der Waals surface area (Å²) >= 11 is 1.67. The molecule has 0 bridgehead atoms. The number of thiophene rings is 1. The molecule has 0 saturated heterocycles. The summed E-state index contributed by atoms with van der Waals surface area (Å²) in [5, 5.41) is 1.12. The predicted molar refractivity (Wildman–Crippen MR) is 79.4 cm³/mol. The van der Waals surface area contributed by atoms with E-state index in [9.17, 15) is 0 Å². The predicted octanol–water partition coefficient (Wildman–Crippen LogP) is 3.21. The van der Waals surface area contributed by atoms with Gasteiger partial charge in [0.2, 0.25) is 5.95 Å². The summed E-state index contributed by atoms with van der Waals surface area (Å²) in [7, 11) is 2.07. The zero-order valence-electron chi connectivity index (χ0n) is 11.2. The highest BCUT2D eigenvalue weighted by Gasteiger charge is 2.12. The van der Waals surface area contributed by atoms with Crippen LogP contribution in [0, 0.1) is 6.92 Å². The van der Waals surface area contributed by atoms with E-state index in [4.69, 9.17) is 5.73 Å². The van der Waals surface area contributed by atoms with Crippen LogP contribution in [0.1, 0.15) is 31.1 Å². The summed E-state index contributed by atoms with van der Waals surface area (Å²) in [5.41, 5.74) is 5.78. The molecule has 0 radical (unpaired) electrons. The molecular weight excluding hydrogens is 244 g/mol. The lowest BCUT2D eigenvalue weighted by Gasteiger charge is -2.18. The van der Waals surface area contributed by atoms with Gasteiger partial charge in [-0.2, -0.15) is 4.98 Å². The molecular formula is C13H20N4S. The van der Waals surface area contributed by atoms with Crippen LogP contribution >= 0.6 is 11.3 Å². The molecule has 2 aromatic rings. The van der Waals surface area contributed by atoms with Gasteiger partial charge in [0.1, 0.15) is 10.6 Å². The largest absolute Gasteiger partial charge is 0.368 e. The van der Waals surface area contributed by atoms with Crippen LogP contribution in [-0.2, 0) is 0 Å². The van der Waals surface area contributed by atoms with Crippen molar-refractivity contribution in [2.45, 2.75) is 33.1 Å². The van der Waals surface area contributed by atoms with Crippen LogP contribution in [0.4, 0.5) is 11.8 Å². The van der Waals surface area contributed by atoms with Gasteiger partial charge in [-0.3, -0.25) is 0 Å². The Labute approximate surface area is 112 Å². The molecule has 0 fully saturated rings. The van der Waals surface area contributed by atoms with Gasteiger partial charge in [-0.15, -0.1) is 11.3 Å². The van der Waals surface area contributed by atoms with Crippen LogP contribution in [-0.4, -0.2) is 23.6 Å². The topological polar surface area (TPSA) is 55.0 Å². The van der Waals surface area contributed by atoms with Crippen molar-refractivity contribution < 1.29 is 0 Å². The van der Waals surface area contributed by atoms with Crippen molar-refractivity contribution in [2.75, 3.05) is 24.2 Å². The SMILES string of the molecule is CCCCCN(C)c1nc(N)nc2sc(C)cc12. The van der Waals surface area contributed by atoms with Gasteiger partial charge in [-0.1, -0.05) is 19.8 Å². The van der Waals surface area contributed by atoms with Gasteiger partial charge in [0.25, 0.3) is 0 Å². The summed E-state index contributed by atoms with van der Waals surface area (Å²) < 4.78 is 0. The number of hydrogen-bond donors (Lipinski definition) is 1. The van der Waals surface area contributed by atoms with E-state index in [1.165, 1.54) is 24.1 Å². The van der Waals surface area contributed by atoms with Crippen LogP contribution in [0.2, 0.25) is 0 Å². The number of hydrogen-bond acceptors (Lipinski definition) is 5. The Bertz CT molecular complexity index is 535. The van der Waals surface area contributed by atoms with Crippen molar-refractivity contribution in [3.8, 4) is 0 Å². The molecule has 18 heavy (non-hydrogen) atoms. The zero-order valence-corrected chi connectivity index (χ0v) is 12.0. The third kappa shape index (κ3) is 2.72. The van der Waals surface area contributed by atoms with E-state index >= 15 is 0 Å². The third-order valence-corrected chi connectivity index (χ3v) is 3.92. The second-order valence-corrected chi connectivity index (χ2v) is 5.84. The number of nitrogen functional groups attached to an aromatic ring is 1. The molecule has 98 valence electrons. The first-order valence-electron chi connectivity index (χ1n) is 6.36. The molecule has 0 atom stereocenters. The molecule has 0 aliphatic heterocycles. The van der Waals surface area contributed by atoms with Crippen molar-refractivity contribution >= 4 is 33.3 Å². The van der Waals surface area contributed by atoms with Crippen LogP contribution in [0.5, 0.6) is 0 Å². The highest BCUT2D eigenvalue weighted by molar-refractivity contribution is 7.18. The summed E-state index contributed by atoms with van der Waals surface area (Å²) in [6.45, 7) is 5.31. The minimum atomic E-state index is 0.363. The van der Waals surface area contributed by atoms with Gasteiger partial charge in [0, 0.05) is 18.5 Å². The van der Waals surface area contributed by atoms with Gasteiger partial charge < -0.3 is 10.6 Å². The van der Waals surface area contributed by atoms with Gasteiger partial charge in [0.15, 0.2) is 0 Å². The van der Waals surface area contributed by atoms with Gasteiger partial charge in [-0.05, 0) is 19.4 Å². The molecule has 0 amide bonds. The molecule has 2 N–H and O–H groups in total. The van der Waals surface area contributed by atoms with E-state index in [1.54, 1.807) is 11.3 Å². The third-order valence-electron chi connectivity index (χ3n) is 2.97. The van der Waals surface area contributed by atoms with Crippen molar-refractivity contribution in [2.24, 2.45) is 0 Å². The molecule has 5 heteroatoms. The Balaban J connectivity index is 2.30. The van der Waals surface area contributed by atoms with Crippen molar-refractivity contribution in [3.63, 3.8) is 0 Å². The van der Waals surface area contributed by atoms with E-state index in [0.29, 0.717) is 5.95 Å². The first kappa shape index (κ1) is 13.1. The molecule has 2 rings (SSSR count). The first-order chi connectivity index (χ1) is 8.61. The normalized spacial score (nSPS) is 11.1. The fourth-order valence-electron chi connectivity index (χ4n) is 2.04. The van der Waals surface area contributed by atoms with E-state index in [0.717, 1.165) is 22.6 Å². The molecule has 0 aromatic carbocycles. The number of unbranched alkanes of at least 4 members (excludes halogenated alkanes) is 2. The van der Waals surface area contributed by atoms with Crippen molar-refractivity contribution in [3.05, 3.63) is 10.9 Å². The van der Waals surface area contributed by atoms with Crippen LogP contribution in [0.15, 0.2) is 6.07 Å². The fourth-order valence-corrected chi connectivity index (χ4v) is 2.92. The average molecular weight is 264 g/mol. The molecule has 2 aromatic heterocycles. The quantitative estimate of drug-likeness (QED) is 0.843. The smallest absolute Gasteiger partial charge is 0.223 e. The Morgan fingerprint density at radius 3 is 2.83 bits per heavy atom. The molecule has 0 aliphatic rings. The highest BCUT2D eigenvalue weighted by Crippen LogP contribution is 2.30. The lowest BCUT2D eigenvalue weighted by atomic mass is 10.2. The maximum Gasteiger partial charge on any atom is 0.223 e. The van der Waals surface area contributed by atoms with Gasteiger partial charge in [-0.25, -0.2) is 4.98 Å². The number of fused-ring (bicyclic) bond motifs is 1. The minimum absolute atomic E-state index is 0.363. The maximum atomic E-state index is 5.78. The number of rotatable bonds is 5. The Morgan fingerprint density at radius 1 is 1.33 bits per heavy atom. The summed E-state index contributed by atoms with van der Waals surface area (Å²) in [5.74, 6) is 1.32. The van der Waals surface area contributed by atoms with Gasteiger partial charge in [0.05, 0.1) is 5.39 Å². The molecule has 0 saturated carbocycles. The maximum absolute atomic E-state index is 5.78. The molecule has 0 aliphatic carbocycles. The first-order valence-corrected chi connectivity index (χ1v) is 7.18. The van der Waals surface area contributed by atoms with E-state index in [-0.39, 0.29) is 0 Å². The molecule has 2 heterocycles. The lowest BCUT2D eigenvalue weighted by Crippen LogP contribution is -2.20. The van der Waals surface area contributed by atoms with E-state index < -0.39 is 0 Å². The monoisotopic (exact) mass is 264 g/mol. The summed E-state index contributed by atoms with van der Waals surface area (Å²) in [6.07, 6.45) is 3.66. The number of anilines is 2. The standard InChI is InChI=1S/C13H20N4S/c1-4-5-6-7-17(3)11-10-8-9(2)18-12(10)16-13(14)15-11/h8H,4-7H2,1-3H3,(H2,14,15,16). The van der Waals surface area contributed by atoms with E-state index in [1.807, 2.05) is 0 Å². The Kier molecular flexibility index (Phi) is 4.01. The summed E-state index contributed by atoms with van der Waals surface area (Å²) in [4.78, 5) is 13.1. The fraction of sp³-hybridized carbons (Fsp3) is 0.538. The molecule has 4 nitrogen and oxygen atoms in total. The lowest BCUT2D eigenvalue weighted by molar-refractivity contribution is 0.702. The second kappa shape index (κ2) is 5.52. The van der Waals surface area contributed by atoms with Crippen LogP contribution in [0.3, 0.4) is 0 Å². The van der Waals surface area contributed by atoms with Crippen LogP contribution in [0.25, 0.3) is 10.2 Å². The number of nitrogens with zero attached hydrogens (tertiary/aromatic N) is 3. The Hall–Kier alpha value is -1.36. The minimum Gasteiger partial charge on any atom is -0.368 e. The highest BCUT2D eigenvalue weighted by atomic mass is 32.1. The Morgan fingerprint density at radius 2 is 2.11 bits per heavy atom. The summed E-state index contributed by atoms with van der Waals surface area (Å²) in [6, 6.07) is 2.14. The van der Waals surface area contributed by atoms with Crippen LogP contribution < -0.4 is 10.6 Å². The number of aryl methyl sites for hydroxylation is 1. The number of aromatic nitrogens is 2. The van der Waals surface area contributed by atoms with Crippen molar-refractivity contribution in [1.82, 2.24) is 9.97 Å². The molecule has 0 unspecified atom stereocenters. The van der Waals surface area contributed by atoms with E-state index in [2.05, 4.69) is 41.8 Å². The molecule has 0 spiro atoms. The van der Waals surface area contributed by atoms with Gasteiger partial charge >= 0.3 is 0 Å².